The number of esters is 1. The van der Waals surface area contributed by atoms with Gasteiger partial charge in [0.25, 0.3) is 0 Å². The number of cyclic esters (lactones) is 1. The van der Waals surface area contributed by atoms with Crippen molar-refractivity contribution in [2.45, 2.75) is 123 Å². The lowest BCUT2D eigenvalue weighted by molar-refractivity contribution is -0.296. The fraction of sp³-hybridized carbons (Fsp3) is 0.683. The second-order valence-electron chi connectivity index (χ2n) is 15.7. The Kier molecular flexibility index (Phi) is 13.6. The molecule has 10 heteroatoms. The zero-order valence-electron chi connectivity index (χ0n) is 32.3. The Balaban J connectivity index is 1.81. The number of Topliss-reactive ketones (excluding diaryl/α,β-unsaturated/α-hetero) is 2. The molecule has 51 heavy (non-hydrogen) atoms. The average molecular weight is 712 g/mol. The van der Waals surface area contributed by atoms with Gasteiger partial charge in [-0.3, -0.25) is 14.4 Å². The number of hydrogen-bond acceptors (Lipinski definition) is 10. The molecule has 0 aromatic heterocycles. The summed E-state index contributed by atoms with van der Waals surface area (Å²) in [5, 5.41) is 11.5. The van der Waals surface area contributed by atoms with Gasteiger partial charge in [-0.1, -0.05) is 76.8 Å². The van der Waals surface area contributed by atoms with Crippen molar-refractivity contribution < 1.29 is 43.2 Å². The SMILES string of the molecule is C=C1CO[C@]2(C)[C@@H](CC)OC(=O)C(C)C(=O)[C@H](C)[C@@H](O[C@@H]3O[C@H](C)C[C@H](N(C)C)[C@H]3O)[C@](C)(OC/C=C/c3ccccc3)CC(C)C(=O)C(C)[C@H]12. The van der Waals surface area contributed by atoms with Gasteiger partial charge in [-0.05, 0) is 72.2 Å². The molecule has 10 nitrogen and oxygen atoms in total. The Morgan fingerprint density at radius 3 is 2.31 bits per heavy atom. The van der Waals surface area contributed by atoms with Gasteiger partial charge >= 0.3 is 5.97 Å². The van der Waals surface area contributed by atoms with Crippen LogP contribution in [0.4, 0.5) is 0 Å². The Bertz CT molecular complexity index is 1410. The molecule has 3 unspecified atom stereocenters. The number of carbonyl (C=O) groups is 3. The predicted molar refractivity (Wildman–Crippen MR) is 196 cm³/mol. The van der Waals surface area contributed by atoms with Crippen molar-refractivity contribution in [1.82, 2.24) is 4.90 Å². The van der Waals surface area contributed by atoms with Crippen LogP contribution in [0.5, 0.6) is 0 Å². The van der Waals surface area contributed by atoms with Crippen LogP contribution in [0.15, 0.2) is 48.6 Å². The lowest BCUT2D eigenvalue weighted by Crippen LogP contribution is -2.59. The topological polar surface area (TPSA) is 121 Å². The molecule has 3 aliphatic heterocycles. The molecule has 4 rings (SSSR count). The normalized spacial score (nSPS) is 40.4. The van der Waals surface area contributed by atoms with Gasteiger partial charge in [-0.25, -0.2) is 0 Å². The van der Waals surface area contributed by atoms with Gasteiger partial charge in [0.1, 0.15) is 29.5 Å². The zero-order valence-corrected chi connectivity index (χ0v) is 32.3. The van der Waals surface area contributed by atoms with Crippen LogP contribution in [0.2, 0.25) is 0 Å². The van der Waals surface area contributed by atoms with E-state index in [1.165, 1.54) is 0 Å². The van der Waals surface area contributed by atoms with E-state index >= 15 is 0 Å². The predicted octanol–water partition coefficient (Wildman–Crippen LogP) is 5.66. The Morgan fingerprint density at radius 2 is 1.69 bits per heavy atom. The van der Waals surface area contributed by atoms with E-state index in [1.54, 1.807) is 13.8 Å². The summed E-state index contributed by atoms with van der Waals surface area (Å²) in [6.07, 6.45) is 0.931. The summed E-state index contributed by atoms with van der Waals surface area (Å²) in [6.45, 7) is 19.2. The average Bonchev–Trinajstić information content (AvgIpc) is 3.41. The smallest absolute Gasteiger partial charge is 0.316 e. The quantitative estimate of drug-likeness (QED) is 0.206. The zero-order chi connectivity index (χ0) is 37.8. The van der Waals surface area contributed by atoms with E-state index < -0.39 is 77.1 Å². The van der Waals surface area contributed by atoms with E-state index in [4.69, 9.17) is 23.7 Å². The van der Waals surface area contributed by atoms with Gasteiger partial charge in [0.05, 0.1) is 31.0 Å². The van der Waals surface area contributed by atoms with Crippen molar-refractivity contribution in [3.63, 3.8) is 0 Å². The highest BCUT2D eigenvalue weighted by Crippen LogP contribution is 2.46. The number of benzene rings is 1. The fourth-order valence-corrected chi connectivity index (χ4v) is 8.64. The number of ketones is 2. The van der Waals surface area contributed by atoms with Crippen LogP contribution in [-0.4, -0.2) is 103 Å². The first-order chi connectivity index (χ1) is 23.9. The molecule has 1 aromatic carbocycles. The highest BCUT2D eigenvalue weighted by Gasteiger charge is 2.55. The minimum Gasteiger partial charge on any atom is -0.459 e. The van der Waals surface area contributed by atoms with Crippen molar-refractivity contribution in [2.75, 3.05) is 27.3 Å². The number of carbonyl (C=O) groups excluding carboxylic acids is 3. The maximum atomic E-state index is 14.5. The second kappa shape index (κ2) is 16.9. The van der Waals surface area contributed by atoms with Crippen molar-refractivity contribution in [1.29, 1.82) is 0 Å². The third kappa shape index (κ3) is 8.91. The van der Waals surface area contributed by atoms with E-state index in [-0.39, 0.29) is 37.6 Å². The lowest BCUT2D eigenvalue weighted by Gasteiger charge is -2.47. The third-order valence-electron chi connectivity index (χ3n) is 11.5. The molecule has 0 spiro atoms. The number of ether oxygens (including phenoxy) is 5. The van der Waals surface area contributed by atoms with Crippen molar-refractivity contribution in [2.24, 2.45) is 29.6 Å². The molecule has 284 valence electrons. The van der Waals surface area contributed by atoms with Crippen molar-refractivity contribution in [3.05, 3.63) is 54.1 Å². The monoisotopic (exact) mass is 711 g/mol. The summed E-state index contributed by atoms with van der Waals surface area (Å²) < 4.78 is 32.0. The summed E-state index contributed by atoms with van der Waals surface area (Å²) in [4.78, 5) is 44.6. The fourth-order valence-electron chi connectivity index (χ4n) is 8.64. The highest BCUT2D eigenvalue weighted by atomic mass is 16.7. The van der Waals surface area contributed by atoms with Gasteiger partial charge in [-0.2, -0.15) is 0 Å². The number of fused-ring (bicyclic) bond motifs is 1. The molecule has 0 radical (unpaired) electrons. The maximum absolute atomic E-state index is 14.5. The highest BCUT2D eigenvalue weighted by molar-refractivity contribution is 6.00. The molecule has 13 atom stereocenters. The first-order valence-corrected chi connectivity index (χ1v) is 18.6. The number of rotatable bonds is 8. The molecule has 0 aliphatic carbocycles. The van der Waals surface area contributed by atoms with Crippen LogP contribution >= 0.6 is 0 Å². The van der Waals surface area contributed by atoms with Gasteiger partial charge < -0.3 is 33.7 Å². The number of aliphatic hydroxyl groups is 1. The molecule has 1 aromatic rings. The van der Waals surface area contributed by atoms with Crippen LogP contribution in [0.1, 0.15) is 80.2 Å². The molecule has 1 N–H and O–H groups in total. The van der Waals surface area contributed by atoms with E-state index in [1.807, 2.05) is 103 Å². The summed E-state index contributed by atoms with van der Waals surface area (Å²) in [5.74, 6) is -4.63. The number of likely N-dealkylation sites (N-methyl/N-ethyl adjacent to an activating group) is 1. The first-order valence-electron chi connectivity index (χ1n) is 18.6. The standard InChI is InChI=1S/C41H61NO9/c1-12-32-41(9)33(25(3)23-48-41)27(5)34(43)24(2)22-40(8,47-20-16-19-30-17-14-13-15-18-30)37(28(6)35(44)29(7)38(46)50-32)51-39-36(45)31(42(10)11)21-26(4)49-39/h13-19,24,26-29,31-33,36-37,39,45H,3,12,20-23H2,1-2,4-11H3/b19-16+/t24?,26-,27?,28+,29?,31+,32-,33+,36-,37-,39+,40-,41-/m1/s1. The van der Waals surface area contributed by atoms with E-state index in [0.29, 0.717) is 12.8 Å². The van der Waals surface area contributed by atoms with Crippen molar-refractivity contribution >= 4 is 23.6 Å². The van der Waals surface area contributed by atoms with Crippen LogP contribution in [-0.2, 0) is 38.1 Å². The van der Waals surface area contributed by atoms with Crippen molar-refractivity contribution in [3.8, 4) is 0 Å². The minimum absolute atomic E-state index is 0.0212. The molecule has 0 amide bonds. The van der Waals surface area contributed by atoms with E-state index in [2.05, 4.69) is 6.58 Å². The number of aliphatic hydroxyl groups excluding tert-OH is 1. The molecule has 3 saturated heterocycles. The molecule has 0 saturated carbocycles. The molecule has 3 heterocycles. The Morgan fingerprint density at radius 1 is 1.02 bits per heavy atom. The minimum atomic E-state index is -1.26. The molecule has 3 aliphatic rings. The summed E-state index contributed by atoms with van der Waals surface area (Å²) in [7, 11) is 3.78. The molecule has 3 fully saturated rings. The van der Waals surface area contributed by atoms with Gasteiger partial charge in [0, 0.05) is 29.7 Å². The van der Waals surface area contributed by atoms with E-state index in [0.717, 1.165) is 11.1 Å². The van der Waals surface area contributed by atoms with Gasteiger partial charge in [-0.15, -0.1) is 0 Å². The molecule has 0 bridgehead atoms. The Labute approximate surface area is 304 Å². The van der Waals surface area contributed by atoms with Gasteiger partial charge in [0.2, 0.25) is 0 Å². The number of hydrogen-bond donors (Lipinski definition) is 1. The lowest BCUT2D eigenvalue weighted by atomic mass is 9.69. The summed E-state index contributed by atoms with van der Waals surface area (Å²) in [6, 6.07) is 9.55. The van der Waals surface area contributed by atoms with Gasteiger partial charge in [0.15, 0.2) is 12.1 Å². The summed E-state index contributed by atoms with van der Waals surface area (Å²) >= 11 is 0. The first kappa shape index (κ1) is 41.0. The number of nitrogens with zero attached hydrogens (tertiary/aromatic N) is 1. The van der Waals surface area contributed by atoms with E-state index in [9.17, 15) is 19.5 Å². The largest absolute Gasteiger partial charge is 0.459 e. The van der Waals surface area contributed by atoms with Crippen LogP contribution in [0.3, 0.4) is 0 Å². The molecular weight excluding hydrogens is 650 g/mol. The van der Waals surface area contributed by atoms with Crippen LogP contribution in [0, 0.1) is 29.6 Å². The molecular formula is C41H61NO9. The van der Waals surface area contributed by atoms with Crippen LogP contribution < -0.4 is 0 Å². The van der Waals surface area contributed by atoms with Crippen LogP contribution in [0.25, 0.3) is 6.08 Å². The maximum Gasteiger partial charge on any atom is 0.316 e. The third-order valence-corrected chi connectivity index (χ3v) is 11.5. The summed E-state index contributed by atoms with van der Waals surface area (Å²) in [5.41, 5.74) is -0.497. The Hall–Kier alpha value is -2.73. The second-order valence-corrected chi connectivity index (χ2v) is 15.7.